The fourth-order valence-corrected chi connectivity index (χ4v) is 1.54. The Morgan fingerprint density at radius 1 is 1.25 bits per heavy atom. The predicted octanol–water partition coefficient (Wildman–Crippen LogP) is 3.95. The number of rotatable bonds is 6. The molecule has 1 aromatic heterocycles. The first-order valence-corrected chi connectivity index (χ1v) is 6.54. The van der Waals surface area contributed by atoms with Crippen molar-refractivity contribution in [3.05, 3.63) is 23.2 Å². The second kappa shape index (κ2) is 6.63. The molecule has 1 N–H and O–H groups in total. The van der Waals surface area contributed by atoms with Crippen LogP contribution in [-0.2, 0) is 17.9 Å². The molecule has 0 fully saturated rings. The summed E-state index contributed by atoms with van der Waals surface area (Å²) in [6.45, 7) is 8.34. The fourth-order valence-electron chi connectivity index (χ4n) is 1.54. The molecule has 0 amide bonds. The van der Waals surface area contributed by atoms with Gasteiger partial charge in [0.25, 0.3) is 0 Å². The highest BCUT2D eigenvalue weighted by Gasteiger charge is 2.26. The summed E-state index contributed by atoms with van der Waals surface area (Å²) < 4.78 is 46.4. The van der Waals surface area contributed by atoms with E-state index in [9.17, 15) is 13.2 Å². The van der Waals surface area contributed by atoms with Gasteiger partial charge in [-0.1, -0.05) is 0 Å². The zero-order valence-corrected chi connectivity index (χ0v) is 12.4. The minimum atomic E-state index is -4.18. The van der Waals surface area contributed by atoms with Crippen molar-refractivity contribution in [2.24, 2.45) is 0 Å². The van der Waals surface area contributed by atoms with Crippen LogP contribution in [0.3, 0.4) is 0 Å². The highest BCUT2D eigenvalue weighted by molar-refractivity contribution is 5.19. The largest absolute Gasteiger partial charge is 0.462 e. The Bertz CT molecular complexity index is 419. The molecule has 1 aromatic rings. The number of hydrogen-bond donors (Lipinski definition) is 1. The molecule has 116 valence electrons. The molecule has 1 rings (SSSR count). The maximum absolute atomic E-state index is 12.0. The first-order chi connectivity index (χ1) is 9.07. The first-order valence-electron chi connectivity index (χ1n) is 6.54. The molecular formula is C14H22F3NO2. The number of halogens is 3. The molecule has 0 unspecified atom stereocenters. The zero-order chi connectivity index (χ0) is 15.4. The van der Waals surface area contributed by atoms with Gasteiger partial charge < -0.3 is 14.5 Å². The van der Waals surface area contributed by atoms with Gasteiger partial charge in [0.2, 0.25) is 0 Å². The number of ether oxygens (including phenoxy) is 1. The molecule has 0 atom stereocenters. The van der Waals surface area contributed by atoms with Gasteiger partial charge in [-0.05, 0) is 39.3 Å². The van der Waals surface area contributed by atoms with Gasteiger partial charge in [0.15, 0.2) is 0 Å². The van der Waals surface area contributed by atoms with E-state index in [0.29, 0.717) is 12.3 Å². The number of alkyl halides is 3. The first kappa shape index (κ1) is 17.0. The van der Waals surface area contributed by atoms with Crippen LogP contribution in [0.15, 0.2) is 10.5 Å². The van der Waals surface area contributed by atoms with Gasteiger partial charge in [-0.25, -0.2) is 0 Å². The van der Waals surface area contributed by atoms with Crippen LogP contribution in [0.2, 0.25) is 0 Å². The average Bonchev–Trinajstić information content (AvgIpc) is 2.60. The SMILES string of the molecule is Cc1cc(COCCC(F)(F)F)oc1CNC(C)(C)C. The van der Waals surface area contributed by atoms with Gasteiger partial charge >= 0.3 is 6.18 Å². The van der Waals surface area contributed by atoms with Crippen molar-refractivity contribution in [3.8, 4) is 0 Å². The van der Waals surface area contributed by atoms with Crippen LogP contribution in [0.5, 0.6) is 0 Å². The Morgan fingerprint density at radius 3 is 2.45 bits per heavy atom. The molecule has 0 radical (unpaired) electrons. The van der Waals surface area contributed by atoms with Crippen molar-refractivity contribution >= 4 is 0 Å². The summed E-state index contributed by atoms with van der Waals surface area (Å²) in [7, 11) is 0. The van der Waals surface area contributed by atoms with Gasteiger partial charge in [-0.3, -0.25) is 0 Å². The third kappa shape index (κ3) is 6.96. The number of hydrogen-bond acceptors (Lipinski definition) is 3. The second-order valence-corrected chi connectivity index (χ2v) is 5.84. The van der Waals surface area contributed by atoms with Crippen LogP contribution in [0.4, 0.5) is 13.2 Å². The van der Waals surface area contributed by atoms with Crippen molar-refractivity contribution < 1.29 is 22.3 Å². The van der Waals surface area contributed by atoms with Crippen molar-refractivity contribution in [2.45, 2.75) is 59.0 Å². The van der Waals surface area contributed by atoms with Gasteiger partial charge in [-0.2, -0.15) is 13.2 Å². The van der Waals surface area contributed by atoms with E-state index in [-0.39, 0.29) is 18.8 Å². The quantitative estimate of drug-likeness (QED) is 0.807. The lowest BCUT2D eigenvalue weighted by Crippen LogP contribution is -2.35. The van der Waals surface area contributed by atoms with Crippen LogP contribution < -0.4 is 5.32 Å². The molecule has 0 aliphatic rings. The van der Waals surface area contributed by atoms with Gasteiger partial charge in [0.05, 0.1) is 19.6 Å². The van der Waals surface area contributed by atoms with E-state index in [0.717, 1.165) is 11.3 Å². The smallest absolute Gasteiger partial charge is 0.391 e. The maximum atomic E-state index is 12.0. The molecule has 0 saturated carbocycles. The van der Waals surface area contributed by atoms with E-state index >= 15 is 0 Å². The molecule has 20 heavy (non-hydrogen) atoms. The van der Waals surface area contributed by atoms with Crippen LogP contribution in [0, 0.1) is 6.92 Å². The van der Waals surface area contributed by atoms with E-state index in [1.165, 1.54) is 0 Å². The Balaban J connectivity index is 2.41. The summed E-state index contributed by atoms with van der Waals surface area (Å²) in [5, 5.41) is 3.30. The minimum absolute atomic E-state index is 0.0252. The summed E-state index contributed by atoms with van der Waals surface area (Å²) >= 11 is 0. The lowest BCUT2D eigenvalue weighted by atomic mass is 10.1. The average molecular weight is 293 g/mol. The number of furan rings is 1. The van der Waals surface area contributed by atoms with Crippen LogP contribution in [0.1, 0.15) is 44.3 Å². The highest BCUT2D eigenvalue weighted by atomic mass is 19.4. The van der Waals surface area contributed by atoms with Crippen LogP contribution >= 0.6 is 0 Å². The van der Waals surface area contributed by atoms with E-state index in [4.69, 9.17) is 9.15 Å². The Hall–Kier alpha value is -1.01. The lowest BCUT2D eigenvalue weighted by Gasteiger charge is -2.19. The third-order valence-electron chi connectivity index (χ3n) is 2.63. The van der Waals surface area contributed by atoms with Gasteiger partial charge in [0, 0.05) is 5.54 Å². The highest BCUT2D eigenvalue weighted by Crippen LogP contribution is 2.20. The Labute approximate surface area is 117 Å². The van der Waals surface area contributed by atoms with E-state index in [1.54, 1.807) is 6.07 Å². The molecule has 0 bridgehead atoms. The molecule has 3 nitrogen and oxygen atoms in total. The summed E-state index contributed by atoms with van der Waals surface area (Å²) in [4.78, 5) is 0. The maximum Gasteiger partial charge on any atom is 0.391 e. The van der Waals surface area contributed by atoms with Gasteiger partial charge in [0.1, 0.15) is 18.1 Å². The molecule has 0 spiro atoms. The third-order valence-corrected chi connectivity index (χ3v) is 2.63. The van der Waals surface area contributed by atoms with E-state index in [2.05, 4.69) is 5.32 Å². The van der Waals surface area contributed by atoms with Crippen molar-refractivity contribution in [1.82, 2.24) is 5.32 Å². The number of aryl methyl sites for hydroxylation is 1. The fraction of sp³-hybridized carbons (Fsp3) is 0.714. The summed E-state index contributed by atoms with van der Waals surface area (Å²) in [5.74, 6) is 1.34. The molecule has 0 saturated heterocycles. The topological polar surface area (TPSA) is 34.4 Å². The van der Waals surface area contributed by atoms with Crippen molar-refractivity contribution in [3.63, 3.8) is 0 Å². The van der Waals surface area contributed by atoms with Crippen molar-refractivity contribution in [2.75, 3.05) is 6.61 Å². The monoisotopic (exact) mass is 293 g/mol. The second-order valence-electron chi connectivity index (χ2n) is 5.84. The molecule has 6 heteroatoms. The summed E-state index contributed by atoms with van der Waals surface area (Å²) in [6.07, 6.45) is -5.12. The molecule has 0 aliphatic heterocycles. The van der Waals surface area contributed by atoms with Gasteiger partial charge in [-0.15, -0.1) is 0 Å². The van der Waals surface area contributed by atoms with Crippen LogP contribution in [0.25, 0.3) is 0 Å². The minimum Gasteiger partial charge on any atom is -0.462 e. The summed E-state index contributed by atoms with van der Waals surface area (Å²) in [5.41, 5.74) is 0.943. The van der Waals surface area contributed by atoms with Crippen molar-refractivity contribution in [1.29, 1.82) is 0 Å². The molecule has 0 aromatic carbocycles. The number of nitrogens with one attached hydrogen (secondary N) is 1. The zero-order valence-electron chi connectivity index (χ0n) is 12.4. The lowest BCUT2D eigenvalue weighted by molar-refractivity contribution is -0.146. The Kier molecular flexibility index (Phi) is 5.65. The van der Waals surface area contributed by atoms with E-state index < -0.39 is 12.6 Å². The predicted molar refractivity (Wildman–Crippen MR) is 70.4 cm³/mol. The molecule has 0 aliphatic carbocycles. The molecular weight excluding hydrogens is 271 g/mol. The van der Waals surface area contributed by atoms with Crippen LogP contribution in [-0.4, -0.2) is 18.3 Å². The Morgan fingerprint density at radius 2 is 1.90 bits per heavy atom. The summed E-state index contributed by atoms with van der Waals surface area (Å²) in [6, 6.07) is 1.80. The molecule has 1 heterocycles. The van der Waals surface area contributed by atoms with E-state index in [1.807, 2.05) is 27.7 Å². The normalized spacial score (nSPS) is 12.9. The standard InChI is InChI=1S/C14H22F3NO2/c1-10-7-11(9-19-6-5-14(15,16)17)20-12(10)8-18-13(2,3)4/h7,18H,5-6,8-9H2,1-4H3.